The van der Waals surface area contributed by atoms with Crippen LogP contribution < -0.4 is 40.9 Å². The molecule has 0 spiro atoms. The molecule has 8 aromatic carbocycles. The largest absolute Gasteiger partial charge is 0.494 e. The van der Waals surface area contributed by atoms with Crippen molar-refractivity contribution >= 4 is 87.4 Å². The van der Waals surface area contributed by atoms with E-state index in [2.05, 4.69) is 0 Å². The number of benzene rings is 8. The molecule has 8 saturated heterocycles. The lowest BCUT2D eigenvalue weighted by molar-refractivity contribution is -0.135. The minimum atomic E-state index is -4.10. The number of carbonyl (C=O) groups excluding carboxylic acids is 8. The first-order valence-electron chi connectivity index (χ1n) is 45.9. The maximum absolute atomic E-state index is 13.3. The summed E-state index contributed by atoms with van der Waals surface area (Å²) in [7, 11) is -16.4. The number of nitrogens with zero attached hydrogens (tertiary/aromatic N) is 4. The van der Waals surface area contributed by atoms with Gasteiger partial charge in [0.25, 0.3) is 23.6 Å². The number of hydrogen-bond acceptors (Lipinski definition) is 32. The Bertz CT molecular complexity index is 5860. The molecule has 141 heavy (non-hydrogen) atoms. The van der Waals surface area contributed by atoms with Gasteiger partial charge in [0.05, 0.1) is 71.1 Å². The van der Waals surface area contributed by atoms with E-state index < -0.39 is 88.1 Å². The van der Waals surface area contributed by atoms with Crippen molar-refractivity contribution in [3.8, 4) is 23.0 Å². The van der Waals surface area contributed by atoms with Crippen molar-refractivity contribution in [2.24, 2.45) is 0 Å². The second-order valence-electron chi connectivity index (χ2n) is 34.3. The van der Waals surface area contributed by atoms with Crippen LogP contribution in [0, 0.1) is 0 Å². The van der Waals surface area contributed by atoms with E-state index in [0.717, 1.165) is 22.3 Å². The molecule has 40 nitrogen and oxygen atoms in total. The fourth-order valence-electron chi connectivity index (χ4n) is 17.9. The normalized spacial score (nSPS) is 20.8. The minimum absolute atomic E-state index is 0.0397. The second kappa shape index (κ2) is 47.8. The van der Waals surface area contributed by atoms with Crippen LogP contribution in [-0.2, 0) is 96.4 Å². The number of ether oxygens (including phenoxy) is 12. The Morgan fingerprint density at radius 3 is 0.801 bits per heavy atom. The number of hydroxylamine groups is 4. The number of amides is 8. The van der Waals surface area contributed by atoms with E-state index >= 15 is 0 Å². The molecule has 8 aliphatic heterocycles. The van der Waals surface area contributed by atoms with E-state index in [9.17, 15) is 72.0 Å². The van der Waals surface area contributed by atoms with E-state index in [0.29, 0.717) is 101 Å². The van der Waals surface area contributed by atoms with E-state index in [1.54, 1.807) is 19.6 Å². The van der Waals surface area contributed by atoms with Crippen LogP contribution in [-0.4, -0.2) is 272 Å². The summed E-state index contributed by atoms with van der Waals surface area (Å²) >= 11 is 0. The Kier molecular flexibility index (Phi) is 35.8. The summed E-state index contributed by atoms with van der Waals surface area (Å²) in [6.45, 7) is 8.41. The molecule has 8 heterocycles. The van der Waals surface area contributed by atoms with Gasteiger partial charge >= 0.3 is 24.4 Å². The highest BCUT2D eigenvalue weighted by Crippen LogP contribution is 2.43. The summed E-state index contributed by atoms with van der Waals surface area (Å²) in [6.07, 6.45) is -1.50. The number of rotatable bonds is 35. The average Bonchev–Trinajstić information content (AvgIpc) is 1.18. The van der Waals surface area contributed by atoms with Crippen molar-refractivity contribution in [1.82, 2.24) is 41.5 Å². The molecule has 0 radical (unpaired) electrons. The second-order valence-corrected chi connectivity index (χ2v) is 43.3. The number of carbonyl (C=O) groups is 8. The van der Waals surface area contributed by atoms with Crippen LogP contribution in [0.25, 0.3) is 0 Å². The van der Waals surface area contributed by atoms with Gasteiger partial charge in [-0.05, 0) is 204 Å². The van der Waals surface area contributed by atoms with E-state index in [-0.39, 0.29) is 185 Å². The van der Waals surface area contributed by atoms with Crippen LogP contribution in [0.15, 0.2) is 238 Å². The summed E-state index contributed by atoms with van der Waals surface area (Å²) in [5.74, 6) is -2.06. The van der Waals surface area contributed by atoms with E-state index in [4.69, 9.17) is 77.7 Å². The van der Waals surface area contributed by atoms with Gasteiger partial charge in [0, 0.05) is 72.5 Å². The summed E-state index contributed by atoms with van der Waals surface area (Å²) < 4.78 is 165. The van der Waals surface area contributed by atoms with Crippen LogP contribution in [0.5, 0.6) is 23.0 Å². The monoisotopic (exact) mass is 2030 g/mol. The highest BCUT2D eigenvalue weighted by Gasteiger charge is 2.57. The summed E-state index contributed by atoms with van der Waals surface area (Å²) in [4.78, 5) is 105. The third-order valence-electron chi connectivity index (χ3n) is 26.1. The van der Waals surface area contributed by atoms with Crippen molar-refractivity contribution < 1.29 is 150 Å². The Labute approximate surface area is 815 Å². The molecule has 2 unspecified atom stereocenters. The minimum Gasteiger partial charge on any atom is -0.494 e. The Balaban J connectivity index is 0.000000158. The highest BCUT2D eigenvalue weighted by molar-refractivity contribution is 7.94. The highest BCUT2D eigenvalue weighted by atomic mass is 32.2. The van der Waals surface area contributed by atoms with Gasteiger partial charge in [0.15, 0.2) is 58.3 Å². The van der Waals surface area contributed by atoms with Crippen molar-refractivity contribution in [2.45, 2.75) is 160 Å². The molecule has 16 rings (SSSR count). The molecule has 758 valence electrons. The van der Waals surface area contributed by atoms with Gasteiger partial charge in [-0.1, -0.05) is 121 Å². The van der Waals surface area contributed by atoms with Gasteiger partial charge in [-0.2, -0.15) is 0 Å². The Morgan fingerprint density at radius 1 is 0.312 bits per heavy atom. The molecule has 44 heteroatoms. The summed E-state index contributed by atoms with van der Waals surface area (Å²) in [5.41, 5.74) is 9.78. The van der Waals surface area contributed by atoms with Crippen LogP contribution >= 0.6 is 0 Å². The molecule has 0 bridgehead atoms. The molecule has 8 amide bonds. The standard InChI is InChI=1S/2C25H30N2O8S.C24H28N2O8S.C23H26N2O8S/c2*1-18-22(19-6-3-2-4-7-19)35-24(29)27(18)14-5-15-34-20-8-10-21(11-9-20)36(31,32)25(23(28)26-30)12-16-33-17-13-25;27-22(25-29)24(11-15-32-16-12-24)35(30,31)20-9-7-19(8-10-20)33-14-4-13-26-17-21(34-23(26)28)18-5-2-1-3-6-18;26-21(24-28)23(10-13-31-14-11-23)34(29,30)19-8-6-18(7-9-19)32-15-12-25-16-20(33-22(25)27)17-4-2-1-3-5-17/h2*2-4,6-11,18,22,30H,5,12-17H2,1H3,(H,26,28);1-3,5-10,21,29H,4,11-17H2,(H,25,27);1-9,20,28H,10-16H2,(H,24,26)/t18-,22+;18-,22-;;/m11../s1. The van der Waals surface area contributed by atoms with Gasteiger partial charge in [-0.15, -0.1) is 0 Å². The zero-order valence-corrected chi connectivity index (χ0v) is 80.7. The van der Waals surface area contributed by atoms with Crippen molar-refractivity contribution in [3.05, 3.63) is 241 Å². The van der Waals surface area contributed by atoms with E-state index in [1.165, 1.54) is 119 Å². The molecule has 8 N–H and O–H groups in total. The summed E-state index contributed by atoms with van der Waals surface area (Å²) in [6, 6.07) is 61.2. The fourth-order valence-corrected chi connectivity index (χ4v) is 25.6. The lowest BCUT2D eigenvalue weighted by Gasteiger charge is -2.34. The van der Waals surface area contributed by atoms with Gasteiger partial charge < -0.3 is 76.4 Å². The first kappa shape index (κ1) is 106. The quantitative estimate of drug-likeness (QED) is 0.00792. The van der Waals surface area contributed by atoms with Crippen LogP contribution in [0.4, 0.5) is 19.2 Å². The molecule has 8 aliphatic rings. The molecule has 0 aromatic heterocycles. The lowest BCUT2D eigenvalue weighted by Crippen LogP contribution is -2.54. The van der Waals surface area contributed by atoms with Crippen LogP contribution in [0.2, 0.25) is 0 Å². The van der Waals surface area contributed by atoms with Gasteiger partial charge in [0.1, 0.15) is 54.0 Å². The molecule has 6 atom stereocenters. The number of sulfone groups is 4. The Hall–Kier alpha value is -12.6. The van der Waals surface area contributed by atoms with Gasteiger partial charge in [0.2, 0.25) is 0 Å². The van der Waals surface area contributed by atoms with Crippen molar-refractivity contribution in [1.29, 1.82) is 0 Å². The maximum Gasteiger partial charge on any atom is 0.410 e. The lowest BCUT2D eigenvalue weighted by atomic mass is 9.98. The molecule has 8 fully saturated rings. The first-order valence-corrected chi connectivity index (χ1v) is 51.8. The van der Waals surface area contributed by atoms with Crippen molar-refractivity contribution in [2.75, 3.05) is 119 Å². The maximum atomic E-state index is 13.3. The average molecular weight is 2030 g/mol. The third kappa shape index (κ3) is 23.8. The zero-order valence-electron chi connectivity index (χ0n) is 77.4. The smallest absolute Gasteiger partial charge is 0.410 e. The topological polar surface area (TPSA) is 526 Å². The zero-order chi connectivity index (χ0) is 101. The van der Waals surface area contributed by atoms with E-state index in [1.807, 2.05) is 135 Å². The third-order valence-corrected chi connectivity index (χ3v) is 36.2. The molecule has 0 saturated carbocycles. The molecular formula is C97H114N8O32S4. The Morgan fingerprint density at radius 2 is 0.546 bits per heavy atom. The number of nitrogens with one attached hydrogen (secondary N) is 4. The van der Waals surface area contributed by atoms with Crippen LogP contribution in [0.3, 0.4) is 0 Å². The molecule has 8 aromatic rings. The predicted octanol–water partition coefficient (Wildman–Crippen LogP) is 10.3. The number of cyclic esters (lactones) is 4. The SMILES string of the molecule is C[C@@H]1[C@@H](c2ccccc2)OC(=O)N1CCCOc1ccc(S(=O)(=O)C2(C(=O)NO)CCOCC2)cc1.C[C@@H]1[C@H](c2ccccc2)OC(=O)N1CCCOc1ccc(S(=O)(=O)C2(C(=O)NO)CCOCC2)cc1.O=C1OC(c2ccccc2)CN1CCCOc1ccc(S(=O)(=O)C2(C(=O)NO)CCOCC2)cc1.O=C1OC(c2ccccc2)CN1CCOc1ccc(S(=O)(=O)C2(C(=O)NO)CCOCC2)cc1. The number of hydrogen-bond donors (Lipinski definition) is 8. The first-order chi connectivity index (χ1) is 67.8. The van der Waals surface area contributed by atoms with Gasteiger partial charge in [-0.3, -0.25) is 40.0 Å². The fraction of sp³-hybridized carbons (Fsp3) is 0.423. The van der Waals surface area contributed by atoms with Crippen LogP contribution in [0.1, 0.15) is 131 Å². The van der Waals surface area contributed by atoms with Gasteiger partial charge in [-0.25, -0.2) is 74.8 Å². The molecular weight excluding hydrogens is 1920 g/mol. The summed E-state index contributed by atoms with van der Waals surface area (Å²) in [5, 5.41) is 36.6. The predicted molar refractivity (Wildman–Crippen MR) is 499 cm³/mol. The van der Waals surface area contributed by atoms with Crippen molar-refractivity contribution in [3.63, 3.8) is 0 Å². The molecule has 0 aliphatic carbocycles.